The molecular formula is C15H22N2O3. The summed E-state index contributed by atoms with van der Waals surface area (Å²) in [5, 5.41) is 2.87. The van der Waals surface area contributed by atoms with E-state index in [1.165, 1.54) is 0 Å². The zero-order chi connectivity index (χ0) is 14.7. The van der Waals surface area contributed by atoms with Crippen LogP contribution < -0.4 is 5.32 Å². The number of allylic oxidation sites excluding steroid dienone is 2. The summed E-state index contributed by atoms with van der Waals surface area (Å²) >= 11 is 0. The highest BCUT2D eigenvalue weighted by molar-refractivity contribution is 6.07. The van der Waals surface area contributed by atoms with Crippen molar-refractivity contribution in [3.63, 3.8) is 0 Å². The van der Waals surface area contributed by atoms with Crippen LogP contribution >= 0.6 is 0 Å². The predicted molar refractivity (Wildman–Crippen MR) is 74.6 cm³/mol. The summed E-state index contributed by atoms with van der Waals surface area (Å²) in [5.41, 5.74) is 0. The molecule has 0 radical (unpaired) electrons. The lowest BCUT2D eigenvalue weighted by molar-refractivity contribution is -0.143. The molecule has 1 heterocycles. The highest BCUT2D eigenvalue weighted by Gasteiger charge is 2.47. The Morgan fingerprint density at radius 3 is 2.15 bits per heavy atom. The lowest BCUT2D eigenvalue weighted by Crippen LogP contribution is -2.44. The number of likely N-dealkylation sites (tertiary alicyclic amines) is 1. The van der Waals surface area contributed by atoms with Gasteiger partial charge in [0.2, 0.25) is 17.7 Å². The van der Waals surface area contributed by atoms with Crippen molar-refractivity contribution >= 4 is 17.7 Å². The monoisotopic (exact) mass is 278 g/mol. The van der Waals surface area contributed by atoms with Gasteiger partial charge < -0.3 is 5.32 Å². The average molecular weight is 278 g/mol. The van der Waals surface area contributed by atoms with E-state index in [-0.39, 0.29) is 42.1 Å². The van der Waals surface area contributed by atoms with Crippen molar-refractivity contribution in [2.45, 2.75) is 45.6 Å². The van der Waals surface area contributed by atoms with Crippen LogP contribution in [-0.2, 0) is 14.4 Å². The van der Waals surface area contributed by atoms with Gasteiger partial charge in [-0.1, -0.05) is 26.0 Å². The molecule has 0 saturated carbocycles. The highest BCUT2D eigenvalue weighted by Crippen LogP contribution is 2.34. The molecule has 0 aromatic rings. The van der Waals surface area contributed by atoms with Crippen LogP contribution in [0.5, 0.6) is 0 Å². The number of carbonyl (C=O) groups is 3. The van der Waals surface area contributed by atoms with Gasteiger partial charge in [0.1, 0.15) is 6.54 Å². The van der Waals surface area contributed by atoms with Crippen LogP contribution in [0.2, 0.25) is 0 Å². The van der Waals surface area contributed by atoms with Crippen LogP contribution in [0.25, 0.3) is 0 Å². The Labute approximate surface area is 119 Å². The molecule has 1 fully saturated rings. The molecule has 1 aliphatic heterocycles. The number of rotatable bonds is 5. The predicted octanol–water partition coefficient (Wildman–Crippen LogP) is 1.24. The van der Waals surface area contributed by atoms with Gasteiger partial charge in [-0.15, -0.1) is 0 Å². The van der Waals surface area contributed by atoms with Crippen LogP contribution in [0.3, 0.4) is 0 Å². The van der Waals surface area contributed by atoms with Gasteiger partial charge in [0.15, 0.2) is 0 Å². The normalized spacial score (nSPS) is 25.2. The Morgan fingerprint density at radius 1 is 1.20 bits per heavy atom. The van der Waals surface area contributed by atoms with Gasteiger partial charge in [-0.25, -0.2) is 0 Å². The maximum Gasteiger partial charge on any atom is 0.240 e. The second-order valence-electron chi connectivity index (χ2n) is 5.50. The molecule has 0 bridgehead atoms. The molecule has 20 heavy (non-hydrogen) atoms. The quantitative estimate of drug-likeness (QED) is 0.608. The van der Waals surface area contributed by atoms with Gasteiger partial charge in [0.05, 0.1) is 11.8 Å². The molecule has 2 aliphatic rings. The van der Waals surface area contributed by atoms with Crippen LogP contribution in [0.15, 0.2) is 12.2 Å². The number of hydrogen-bond acceptors (Lipinski definition) is 3. The minimum absolute atomic E-state index is 0.110. The van der Waals surface area contributed by atoms with E-state index in [0.717, 1.165) is 17.7 Å². The largest absolute Gasteiger partial charge is 0.352 e. The Hall–Kier alpha value is -1.65. The van der Waals surface area contributed by atoms with Crippen LogP contribution in [-0.4, -0.2) is 35.2 Å². The molecule has 0 aromatic carbocycles. The van der Waals surface area contributed by atoms with Gasteiger partial charge >= 0.3 is 0 Å². The topological polar surface area (TPSA) is 66.5 Å². The number of nitrogens with zero attached hydrogens (tertiary/aromatic N) is 1. The Bertz CT molecular complexity index is 414. The van der Waals surface area contributed by atoms with Gasteiger partial charge in [0.25, 0.3) is 0 Å². The molecule has 0 aromatic heterocycles. The first-order valence-electron chi connectivity index (χ1n) is 7.38. The van der Waals surface area contributed by atoms with Crippen LogP contribution in [0, 0.1) is 11.8 Å². The molecule has 0 spiro atoms. The molecule has 110 valence electrons. The smallest absolute Gasteiger partial charge is 0.240 e. The average Bonchev–Trinajstić information content (AvgIpc) is 2.70. The lowest BCUT2D eigenvalue weighted by Gasteiger charge is -2.18. The Balaban J connectivity index is 1.98. The lowest BCUT2D eigenvalue weighted by atomic mass is 9.85. The maximum absolute atomic E-state index is 12.2. The first-order valence-corrected chi connectivity index (χ1v) is 7.38. The van der Waals surface area contributed by atoms with E-state index in [2.05, 4.69) is 5.32 Å². The zero-order valence-electron chi connectivity index (χ0n) is 12.1. The summed E-state index contributed by atoms with van der Waals surface area (Å²) in [7, 11) is 0. The van der Waals surface area contributed by atoms with E-state index in [9.17, 15) is 14.4 Å². The van der Waals surface area contributed by atoms with Crippen LogP contribution in [0.4, 0.5) is 0 Å². The summed E-state index contributed by atoms with van der Waals surface area (Å²) in [6, 6.07) is 0.110. The maximum atomic E-state index is 12.2. The zero-order valence-corrected chi connectivity index (χ0v) is 12.1. The molecular weight excluding hydrogens is 256 g/mol. The van der Waals surface area contributed by atoms with Crippen molar-refractivity contribution in [2.24, 2.45) is 11.8 Å². The summed E-state index contributed by atoms with van der Waals surface area (Å²) in [6.45, 7) is 3.86. The second-order valence-corrected chi connectivity index (χ2v) is 5.50. The molecule has 1 N–H and O–H groups in total. The number of imide groups is 1. The SMILES string of the molecule is CCC(CC)NC(=O)CN1C(=O)[C@H]2CC=CC[C@H]2C1=O. The Morgan fingerprint density at radius 2 is 1.70 bits per heavy atom. The number of nitrogens with one attached hydrogen (secondary N) is 1. The molecule has 5 heteroatoms. The van der Waals surface area contributed by atoms with E-state index in [1.54, 1.807) is 0 Å². The highest BCUT2D eigenvalue weighted by atomic mass is 16.2. The van der Waals surface area contributed by atoms with Gasteiger partial charge in [-0.3, -0.25) is 19.3 Å². The van der Waals surface area contributed by atoms with Gasteiger partial charge in [-0.2, -0.15) is 0 Å². The molecule has 2 atom stereocenters. The van der Waals surface area contributed by atoms with Crippen molar-refractivity contribution in [1.29, 1.82) is 0 Å². The van der Waals surface area contributed by atoms with E-state index >= 15 is 0 Å². The molecule has 3 amide bonds. The van der Waals surface area contributed by atoms with Gasteiger partial charge in [-0.05, 0) is 25.7 Å². The summed E-state index contributed by atoms with van der Waals surface area (Å²) in [6.07, 6.45) is 6.80. The fourth-order valence-electron chi connectivity index (χ4n) is 2.93. The fourth-order valence-corrected chi connectivity index (χ4v) is 2.93. The van der Waals surface area contributed by atoms with Gasteiger partial charge in [0, 0.05) is 6.04 Å². The van der Waals surface area contributed by atoms with E-state index in [1.807, 2.05) is 26.0 Å². The fraction of sp³-hybridized carbons (Fsp3) is 0.667. The van der Waals surface area contributed by atoms with E-state index in [0.29, 0.717) is 12.8 Å². The van der Waals surface area contributed by atoms with Crippen molar-refractivity contribution in [1.82, 2.24) is 10.2 Å². The first kappa shape index (κ1) is 14.8. The Kier molecular flexibility index (Phi) is 4.57. The van der Waals surface area contributed by atoms with Crippen molar-refractivity contribution in [2.75, 3.05) is 6.54 Å². The minimum Gasteiger partial charge on any atom is -0.352 e. The molecule has 5 nitrogen and oxygen atoms in total. The number of amides is 3. The van der Waals surface area contributed by atoms with Crippen molar-refractivity contribution in [3.8, 4) is 0 Å². The minimum atomic E-state index is -0.256. The third-order valence-corrected chi connectivity index (χ3v) is 4.25. The van der Waals surface area contributed by atoms with Crippen LogP contribution in [0.1, 0.15) is 39.5 Å². The van der Waals surface area contributed by atoms with Crippen molar-refractivity contribution < 1.29 is 14.4 Å². The van der Waals surface area contributed by atoms with E-state index < -0.39 is 0 Å². The third-order valence-electron chi connectivity index (χ3n) is 4.25. The third kappa shape index (κ3) is 2.76. The van der Waals surface area contributed by atoms with Crippen molar-refractivity contribution in [3.05, 3.63) is 12.2 Å². The summed E-state index contributed by atoms with van der Waals surface area (Å²) < 4.78 is 0. The number of hydrogen-bond donors (Lipinski definition) is 1. The molecule has 1 saturated heterocycles. The first-order chi connectivity index (χ1) is 9.58. The standard InChI is InChI=1S/C15H22N2O3/c1-3-10(4-2)16-13(18)9-17-14(19)11-7-5-6-8-12(11)15(17)20/h5-6,10-12H,3-4,7-9H2,1-2H3,(H,16,18)/t11-,12+. The molecule has 0 unspecified atom stereocenters. The van der Waals surface area contributed by atoms with E-state index in [4.69, 9.17) is 0 Å². The summed E-state index contributed by atoms with van der Waals surface area (Å²) in [5.74, 6) is -1.14. The summed E-state index contributed by atoms with van der Waals surface area (Å²) in [4.78, 5) is 37.5. The molecule has 2 rings (SSSR count). The number of carbonyl (C=O) groups excluding carboxylic acids is 3. The second kappa shape index (κ2) is 6.20. The molecule has 1 aliphatic carbocycles. The number of fused-ring (bicyclic) bond motifs is 1.